The van der Waals surface area contributed by atoms with Crippen LogP contribution in [0, 0.1) is 30.5 Å². The monoisotopic (exact) mass is 531 g/mol. The van der Waals surface area contributed by atoms with Crippen LogP contribution in [0.1, 0.15) is 36.8 Å². The fourth-order valence-corrected chi connectivity index (χ4v) is 6.59. The number of aryl methyl sites for hydroxylation is 1. The van der Waals surface area contributed by atoms with E-state index in [0.717, 1.165) is 17.2 Å². The van der Waals surface area contributed by atoms with E-state index in [0.29, 0.717) is 27.4 Å². The van der Waals surface area contributed by atoms with E-state index in [1.54, 1.807) is 25.1 Å². The lowest BCUT2D eigenvalue weighted by molar-refractivity contribution is -0.123. The van der Waals surface area contributed by atoms with Crippen LogP contribution in [0.25, 0.3) is 0 Å². The lowest BCUT2D eigenvalue weighted by atomic mass is 9.59. The maximum absolute atomic E-state index is 14.5. The summed E-state index contributed by atoms with van der Waals surface area (Å²) in [6.07, 6.45) is 3.57. The Kier molecular flexibility index (Phi) is 5.54. The van der Waals surface area contributed by atoms with Crippen LogP contribution in [-0.4, -0.2) is 28.5 Å². The van der Waals surface area contributed by atoms with Crippen molar-refractivity contribution in [2.24, 2.45) is 17.8 Å². The van der Waals surface area contributed by atoms with Crippen molar-refractivity contribution in [1.29, 1.82) is 0 Å². The Labute approximate surface area is 223 Å². The van der Waals surface area contributed by atoms with Gasteiger partial charge in [0.15, 0.2) is 23.1 Å². The van der Waals surface area contributed by atoms with Crippen molar-refractivity contribution < 1.29 is 28.7 Å². The molecule has 6 rings (SSSR count). The molecular formula is C30H23ClFNO5. The summed E-state index contributed by atoms with van der Waals surface area (Å²) in [7, 11) is 0. The van der Waals surface area contributed by atoms with Crippen LogP contribution in [0.4, 0.5) is 10.1 Å². The number of nitrogens with zero attached hydrogens (tertiary/aromatic N) is 1. The number of allylic oxidation sites excluding steroid dienone is 6. The highest BCUT2D eigenvalue weighted by atomic mass is 35.5. The van der Waals surface area contributed by atoms with Gasteiger partial charge in [-0.25, -0.2) is 9.29 Å². The summed E-state index contributed by atoms with van der Waals surface area (Å²) < 4.78 is 14.5. The normalized spacial score (nSPS) is 26.7. The fourth-order valence-electron chi connectivity index (χ4n) is 6.42. The molecule has 0 saturated carbocycles. The average Bonchev–Trinajstić information content (AvgIpc) is 3.14. The second kappa shape index (κ2) is 8.60. The highest BCUT2D eigenvalue weighted by Gasteiger charge is 2.56. The molecule has 192 valence electrons. The first-order valence-corrected chi connectivity index (χ1v) is 12.8. The van der Waals surface area contributed by atoms with Crippen molar-refractivity contribution in [1.82, 2.24) is 0 Å². The maximum atomic E-state index is 14.5. The number of benzene rings is 2. The third-order valence-electron chi connectivity index (χ3n) is 8.28. The van der Waals surface area contributed by atoms with Gasteiger partial charge in [0.1, 0.15) is 0 Å². The molecule has 2 aromatic carbocycles. The molecule has 6 nitrogen and oxygen atoms in total. The van der Waals surface area contributed by atoms with E-state index >= 15 is 0 Å². The Morgan fingerprint density at radius 2 is 1.76 bits per heavy atom. The molecule has 1 fully saturated rings. The van der Waals surface area contributed by atoms with Gasteiger partial charge in [0.2, 0.25) is 11.8 Å². The number of amides is 2. The maximum Gasteiger partial charge on any atom is 0.238 e. The Morgan fingerprint density at radius 3 is 2.47 bits per heavy atom. The summed E-state index contributed by atoms with van der Waals surface area (Å²) >= 11 is 6.29. The number of halogens is 2. The van der Waals surface area contributed by atoms with Gasteiger partial charge in [0.05, 0.1) is 17.5 Å². The predicted molar refractivity (Wildman–Crippen MR) is 138 cm³/mol. The van der Waals surface area contributed by atoms with E-state index in [9.17, 15) is 28.7 Å². The molecule has 0 aromatic heterocycles. The molecular weight excluding hydrogens is 509 g/mol. The fraction of sp³-hybridized carbons (Fsp3) is 0.267. The quantitative estimate of drug-likeness (QED) is 0.330. The molecule has 0 spiro atoms. The van der Waals surface area contributed by atoms with Crippen LogP contribution in [0.15, 0.2) is 70.8 Å². The van der Waals surface area contributed by atoms with Crippen LogP contribution in [0.2, 0.25) is 5.02 Å². The summed E-state index contributed by atoms with van der Waals surface area (Å²) in [5, 5.41) is 10.2. The average molecular weight is 532 g/mol. The molecule has 1 aliphatic heterocycles. The van der Waals surface area contributed by atoms with Crippen molar-refractivity contribution in [3.05, 3.63) is 92.8 Å². The minimum absolute atomic E-state index is 0.134. The standard InChI is InChI=1S/C30H23ClFNO5/c1-13-3-5-16(11-21(13)31)33-29(37)18-7-6-17-19(26(18)30(33)38)12-20-24(35)9-14(2)28(36)27(20)25(17)15-4-8-23(34)22(32)10-15/h3-6,8-11,18-19,25-26,34H,7,12H2,1-2H3. The van der Waals surface area contributed by atoms with Gasteiger partial charge in [-0.1, -0.05) is 35.4 Å². The summed E-state index contributed by atoms with van der Waals surface area (Å²) in [4.78, 5) is 55.1. The first-order valence-electron chi connectivity index (χ1n) is 12.4. The molecule has 0 radical (unpaired) electrons. The van der Waals surface area contributed by atoms with Crippen LogP contribution < -0.4 is 4.90 Å². The van der Waals surface area contributed by atoms with Crippen molar-refractivity contribution >= 4 is 40.7 Å². The molecule has 4 aliphatic rings. The SMILES string of the molecule is CC1=CC(=O)C2=C(C1=O)C(c1ccc(O)c(F)c1)C1=CCC3C(=O)N(c4ccc(C)c(Cl)c4)C(=O)C3C1C2. The number of aromatic hydroxyl groups is 1. The predicted octanol–water partition coefficient (Wildman–Crippen LogP) is 5.13. The lowest BCUT2D eigenvalue weighted by Gasteiger charge is -2.42. The van der Waals surface area contributed by atoms with Crippen molar-refractivity contribution in [2.45, 2.75) is 32.6 Å². The van der Waals surface area contributed by atoms with Crippen LogP contribution in [0.5, 0.6) is 5.75 Å². The number of Topliss-reactive ketones (excluding diaryl/α,β-unsaturated/α-hetero) is 1. The zero-order valence-corrected chi connectivity index (χ0v) is 21.4. The lowest BCUT2D eigenvalue weighted by Crippen LogP contribution is -2.39. The smallest absolute Gasteiger partial charge is 0.238 e. The minimum Gasteiger partial charge on any atom is -0.505 e. The van der Waals surface area contributed by atoms with Gasteiger partial charge in [-0.15, -0.1) is 0 Å². The Morgan fingerprint density at radius 1 is 1.00 bits per heavy atom. The summed E-state index contributed by atoms with van der Waals surface area (Å²) in [6, 6.07) is 8.93. The second-order valence-electron chi connectivity index (χ2n) is 10.4. The van der Waals surface area contributed by atoms with E-state index in [1.165, 1.54) is 23.1 Å². The molecule has 4 unspecified atom stereocenters. The first-order chi connectivity index (χ1) is 18.1. The topological polar surface area (TPSA) is 91.8 Å². The number of carbonyl (C=O) groups excluding carboxylic acids is 4. The van der Waals surface area contributed by atoms with Gasteiger partial charge in [-0.05, 0) is 74.1 Å². The third-order valence-corrected chi connectivity index (χ3v) is 8.69. The molecule has 0 bridgehead atoms. The summed E-state index contributed by atoms with van der Waals surface area (Å²) in [5.41, 5.74) is 3.18. The Bertz CT molecular complexity index is 1580. The number of phenolic OH excluding ortho intramolecular Hbond substituents is 1. The number of anilines is 1. The van der Waals surface area contributed by atoms with Gasteiger partial charge < -0.3 is 5.11 Å². The molecule has 1 saturated heterocycles. The molecule has 3 aliphatic carbocycles. The van der Waals surface area contributed by atoms with Crippen molar-refractivity contribution in [3.8, 4) is 5.75 Å². The summed E-state index contributed by atoms with van der Waals surface area (Å²) in [6.45, 7) is 3.40. The van der Waals surface area contributed by atoms with E-state index < -0.39 is 35.2 Å². The molecule has 2 amide bonds. The minimum atomic E-state index is -0.850. The van der Waals surface area contributed by atoms with Gasteiger partial charge >= 0.3 is 0 Å². The molecule has 2 aromatic rings. The van der Waals surface area contributed by atoms with Gasteiger partial charge in [0, 0.05) is 27.7 Å². The zero-order valence-electron chi connectivity index (χ0n) is 20.6. The van der Waals surface area contributed by atoms with E-state index in [-0.39, 0.29) is 41.8 Å². The Balaban J connectivity index is 1.49. The van der Waals surface area contributed by atoms with Crippen molar-refractivity contribution in [2.75, 3.05) is 4.90 Å². The van der Waals surface area contributed by atoms with Crippen molar-refractivity contribution in [3.63, 3.8) is 0 Å². The Hall–Kier alpha value is -3.84. The molecule has 1 heterocycles. The van der Waals surface area contributed by atoms with Crippen LogP contribution >= 0.6 is 11.6 Å². The molecule has 1 N–H and O–H groups in total. The molecule has 8 heteroatoms. The number of rotatable bonds is 2. The van der Waals surface area contributed by atoms with E-state index in [4.69, 9.17) is 11.6 Å². The van der Waals surface area contributed by atoms with Crippen LogP contribution in [-0.2, 0) is 19.2 Å². The van der Waals surface area contributed by atoms with Gasteiger partial charge in [-0.2, -0.15) is 0 Å². The van der Waals surface area contributed by atoms with Gasteiger partial charge in [0.25, 0.3) is 0 Å². The molecule has 4 atom stereocenters. The van der Waals surface area contributed by atoms with Gasteiger partial charge in [-0.3, -0.25) is 19.2 Å². The summed E-state index contributed by atoms with van der Waals surface area (Å²) in [5.74, 6) is -5.37. The number of fused-ring (bicyclic) bond motifs is 3. The van der Waals surface area contributed by atoms with E-state index in [1.807, 2.05) is 13.0 Å². The first kappa shape index (κ1) is 24.5. The number of hydrogen-bond acceptors (Lipinski definition) is 5. The highest BCUT2D eigenvalue weighted by molar-refractivity contribution is 6.32. The van der Waals surface area contributed by atoms with E-state index in [2.05, 4.69) is 0 Å². The second-order valence-corrected chi connectivity index (χ2v) is 10.8. The zero-order chi connectivity index (χ0) is 27.0. The number of hydrogen-bond donors (Lipinski definition) is 1. The third kappa shape index (κ3) is 3.45. The molecule has 38 heavy (non-hydrogen) atoms. The number of ketones is 2. The number of imide groups is 1. The number of phenols is 1. The number of carbonyl (C=O) groups is 4. The van der Waals surface area contributed by atoms with Crippen LogP contribution in [0.3, 0.4) is 0 Å². The largest absolute Gasteiger partial charge is 0.505 e. The highest BCUT2D eigenvalue weighted by Crippen LogP contribution is 2.55.